The second-order valence-electron chi connectivity index (χ2n) is 6.62. The quantitative estimate of drug-likeness (QED) is 0.853. The molecule has 132 valence electrons. The molecule has 2 fully saturated rings. The van der Waals surface area contributed by atoms with Crippen LogP contribution in [0.15, 0.2) is 0 Å². The van der Waals surface area contributed by atoms with E-state index < -0.39 is 0 Å². The van der Waals surface area contributed by atoms with Crippen LogP contribution in [0.2, 0.25) is 0 Å². The van der Waals surface area contributed by atoms with Crippen molar-refractivity contribution in [3.63, 3.8) is 0 Å². The maximum atomic E-state index is 12.9. The van der Waals surface area contributed by atoms with E-state index in [1.807, 2.05) is 18.7 Å². The topological polar surface area (TPSA) is 55.9 Å². The second kappa shape index (κ2) is 8.52. The molecule has 2 rings (SSSR count). The van der Waals surface area contributed by atoms with Crippen LogP contribution < -0.4 is 5.32 Å². The van der Waals surface area contributed by atoms with Crippen LogP contribution in [0.5, 0.6) is 0 Å². The first kappa shape index (κ1) is 18.0. The summed E-state index contributed by atoms with van der Waals surface area (Å²) in [4.78, 5) is 30.9. The standard InChI is InChI=1S/C17H32N4O2/c1-4-15-8-6-7-9-21(15)16(22)14(3)19-10-12-20(13-11-19)17(23)18-5-2/h14-15H,4-13H2,1-3H3,(H,18,23). The van der Waals surface area contributed by atoms with Gasteiger partial charge in [0.1, 0.15) is 0 Å². The Bertz CT molecular complexity index is 407. The molecule has 6 nitrogen and oxygen atoms in total. The fourth-order valence-electron chi connectivity index (χ4n) is 3.69. The number of hydrogen-bond donors (Lipinski definition) is 1. The van der Waals surface area contributed by atoms with Gasteiger partial charge in [0.2, 0.25) is 5.91 Å². The van der Waals surface area contributed by atoms with Crippen LogP contribution in [0.3, 0.4) is 0 Å². The van der Waals surface area contributed by atoms with Crippen molar-refractivity contribution in [2.24, 2.45) is 0 Å². The van der Waals surface area contributed by atoms with Crippen LogP contribution in [-0.4, -0.2) is 78.0 Å². The highest BCUT2D eigenvalue weighted by molar-refractivity contribution is 5.82. The molecule has 2 saturated heterocycles. The van der Waals surface area contributed by atoms with Gasteiger partial charge < -0.3 is 15.1 Å². The van der Waals surface area contributed by atoms with Gasteiger partial charge in [0.05, 0.1) is 6.04 Å². The molecule has 0 aromatic rings. The zero-order valence-corrected chi connectivity index (χ0v) is 14.9. The van der Waals surface area contributed by atoms with Crippen LogP contribution >= 0.6 is 0 Å². The highest BCUT2D eigenvalue weighted by Gasteiger charge is 2.33. The number of rotatable bonds is 4. The van der Waals surface area contributed by atoms with Crippen molar-refractivity contribution < 1.29 is 9.59 Å². The minimum atomic E-state index is -0.0847. The van der Waals surface area contributed by atoms with Gasteiger partial charge in [-0.05, 0) is 39.5 Å². The first-order chi connectivity index (χ1) is 11.1. The first-order valence-electron chi connectivity index (χ1n) is 9.15. The van der Waals surface area contributed by atoms with Gasteiger partial charge >= 0.3 is 6.03 Å². The molecule has 2 atom stereocenters. The maximum Gasteiger partial charge on any atom is 0.317 e. The number of carbonyl (C=O) groups is 2. The molecule has 23 heavy (non-hydrogen) atoms. The molecule has 0 aromatic heterocycles. The Kier molecular flexibility index (Phi) is 6.69. The van der Waals surface area contributed by atoms with Gasteiger partial charge in [-0.2, -0.15) is 0 Å². The van der Waals surface area contributed by atoms with Gasteiger partial charge in [0.25, 0.3) is 0 Å². The van der Waals surface area contributed by atoms with Gasteiger partial charge in [0.15, 0.2) is 0 Å². The Labute approximate surface area is 140 Å². The first-order valence-corrected chi connectivity index (χ1v) is 9.15. The van der Waals surface area contributed by atoms with E-state index in [0.717, 1.165) is 38.9 Å². The van der Waals surface area contributed by atoms with E-state index in [4.69, 9.17) is 0 Å². The lowest BCUT2D eigenvalue weighted by Crippen LogP contribution is -2.58. The lowest BCUT2D eigenvalue weighted by molar-refractivity contribution is -0.140. The Hall–Kier alpha value is -1.30. The Morgan fingerprint density at radius 1 is 1.09 bits per heavy atom. The predicted molar refractivity (Wildman–Crippen MR) is 91.3 cm³/mol. The number of amides is 3. The monoisotopic (exact) mass is 324 g/mol. The predicted octanol–water partition coefficient (Wildman–Crippen LogP) is 1.51. The lowest BCUT2D eigenvalue weighted by Gasteiger charge is -2.42. The van der Waals surface area contributed by atoms with E-state index in [-0.39, 0.29) is 18.0 Å². The lowest BCUT2D eigenvalue weighted by atomic mass is 9.99. The minimum absolute atomic E-state index is 0.00760. The minimum Gasteiger partial charge on any atom is -0.338 e. The van der Waals surface area contributed by atoms with Crippen LogP contribution in [0.1, 0.15) is 46.5 Å². The molecule has 0 aromatic carbocycles. The van der Waals surface area contributed by atoms with E-state index in [2.05, 4.69) is 22.0 Å². The smallest absolute Gasteiger partial charge is 0.317 e. The fourth-order valence-corrected chi connectivity index (χ4v) is 3.69. The van der Waals surface area contributed by atoms with E-state index >= 15 is 0 Å². The van der Waals surface area contributed by atoms with Crippen molar-refractivity contribution in [2.75, 3.05) is 39.3 Å². The molecule has 3 amide bonds. The molecule has 0 saturated carbocycles. The van der Waals surface area contributed by atoms with Crippen molar-refractivity contribution in [2.45, 2.75) is 58.5 Å². The normalized spacial score (nSPS) is 24.4. The second-order valence-corrected chi connectivity index (χ2v) is 6.62. The van der Waals surface area contributed by atoms with Crippen molar-refractivity contribution in [1.82, 2.24) is 20.0 Å². The molecule has 0 aliphatic carbocycles. The Morgan fingerprint density at radius 3 is 2.39 bits per heavy atom. The molecule has 2 aliphatic rings. The van der Waals surface area contributed by atoms with Gasteiger partial charge in [0, 0.05) is 45.3 Å². The Balaban J connectivity index is 1.87. The molecule has 6 heteroatoms. The van der Waals surface area contributed by atoms with Gasteiger partial charge in [-0.15, -0.1) is 0 Å². The molecule has 0 radical (unpaired) electrons. The van der Waals surface area contributed by atoms with Crippen molar-refractivity contribution in [3.05, 3.63) is 0 Å². The number of nitrogens with one attached hydrogen (secondary N) is 1. The maximum absolute atomic E-state index is 12.9. The number of carbonyl (C=O) groups excluding carboxylic acids is 2. The van der Waals surface area contributed by atoms with Crippen LogP contribution in [0.25, 0.3) is 0 Å². The van der Waals surface area contributed by atoms with E-state index in [9.17, 15) is 9.59 Å². The molecule has 0 spiro atoms. The summed E-state index contributed by atoms with van der Waals surface area (Å²) in [6.07, 6.45) is 4.55. The van der Waals surface area contributed by atoms with Gasteiger partial charge in [-0.1, -0.05) is 6.92 Å². The summed E-state index contributed by atoms with van der Waals surface area (Å²) in [7, 11) is 0. The summed E-state index contributed by atoms with van der Waals surface area (Å²) in [6.45, 7) is 10.6. The van der Waals surface area contributed by atoms with E-state index in [1.54, 1.807) is 0 Å². The van der Waals surface area contributed by atoms with Gasteiger partial charge in [-0.3, -0.25) is 9.69 Å². The number of piperidine rings is 1. The van der Waals surface area contributed by atoms with Crippen LogP contribution in [0.4, 0.5) is 4.79 Å². The van der Waals surface area contributed by atoms with Gasteiger partial charge in [-0.25, -0.2) is 4.79 Å². The Morgan fingerprint density at radius 2 is 1.78 bits per heavy atom. The molecule has 2 heterocycles. The third-order valence-corrected chi connectivity index (χ3v) is 5.22. The zero-order chi connectivity index (χ0) is 16.8. The summed E-state index contributed by atoms with van der Waals surface area (Å²) < 4.78 is 0. The highest BCUT2D eigenvalue weighted by Crippen LogP contribution is 2.21. The molecule has 0 bridgehead atoms. The largest absolute Gasteiger partial charge is 0.338 e. The third kappa shape index (κ3) is 4.37. The van der Waals surface area contributed by atoms with Crippen molar-refractivity contribution in [3.8, 4) is 0 Å². The average Bonchev–Trinajstić information content (AvgIpc) is 2.60. The van der Waals surface area contributed by atoms with E-state index in [0.29, 0.717) is 25.7 Å². The number of likely N-dealkylation sites (tertiary alicyclic amines) is 1. The average molecular weight is 324 g/mol. The summed E-state index contributed by atoms with van der Waals surface area (Å²) in [5.41, 5.74) is 0. The third-order valence-electron chi connectivity index (χ3n) is 5.22. The fraction of sp³-hybridized carbons (Fsp3) is 0.882. The molecule has 1 N–H and O–H groups in total. The SMILES string of the molecule is CCNC(=O)N1CCN(C(C)C(=O)N2CCCCC2CC)CC1. The number of urea groups is 1. The van der Waals surface area contributed by atoms with Crippen molar-refractivity contribution >= 4 is 11.9 Å². The van der Waals surface area contributed by atoms with E-state index in [1.165, 1.54) is 6.42 Å². The van der Waals surface area contributed by atoms with Crippen LogP contribution in [-0.2, 0) is 4.79 Å². The molecule has 2 unspecified atom stereocenters. The number of nitrogens with zero attached hydrogens (tertiary/aromatic N) is 3. The highest BCUT2D eigenvalue weighted by atomic mass is 16.2. The summed E-state index contributed by atoms with van der Waals surface area (Å²) >= 11 is 0. The number of hydrogen-bond acceptors (Lipinski definition) is 3. The summed E-state index contributed by atoms with van der Waals surface area (Å²) in [5, 5.41) is 2.84. The van der Waals surface area contributed by atoms with Crippen LogP contribution in [0, 0.1) is 0 Å². The molecule has 2 aliphatic heterocycles. The summed E-state index contributed by atoms with van der Waals surface area (Å²) in [6, 6.07) is 0.335. The molecular weight excluding hydrogens is 292 g/mol. The zero-order valence-electron chi connectivity index (χ0n) is 14.9. The van der Waals surface area contributed by atoms with Crippen molar-refractivity contribution in [1.29, 1.82) is 0 Å². The number of piperazine rings is 1. The molecular formula is C17H32N4O2. The summed E-state index contributed by atoms with van der Waals surface area (Å²) in [5.74, 6) is 0.267.